The fourth-order valence-electron chi connectivity index (χ4n) is 4.48. The largest absolute Gasteiger partial charge is 0.552 e. The van der Waals surface area contributed by atoms with Gasteiger partial charge in [-0.25, -0.2) is 0 Å². The molecule has 2 aliphatic rings. The maximum atomic E-state index is 12.6. The lowest BCUT2D eigenvalue weighted by Gasteiger charge is -2.24. The van der Waals surface area contributed by atoms with E-state index in [9.17, 15) is 24.0 Å². The van der Waals surface area contributed by atoms with Crippen LogP contribution in [0.1, 0.15) is 78.1 Å². The number of hydrogen-bond donors (Lipinski definition) is 4. The first-order valence-electron chi connectivity index (χ1n) is 11.9. The fourth-order valence-corrected chi connectivity index (χ4v) is 4.48. The summed E-state index contributed by atoms with van der Waals surface area (Å²) >= 11 is 0. The van der Waals surface area contributed by atoms with Crippen LogP contribution in [0.2, 0.25) is 0 Å². The minimum absolute atomic E-state index is 0.0334. The average Bonchev–Trinajstić information content (AvgIpc) is 2.99. The molecular weight excluding hydrogens is 447 g/mol. The summed E-state index contributed by atoms with van der Waals surface area (Å²) in [6.07, 6.45) is 5.51. The maximum absolute atomic E-state index is 12.6. The summed E-state index contributed by atoms with van der Waals surface area (Å²) in [4.78, 5) is 60.1. The van der Waals surface area contributed by atoms with E-state index < -0.39 is 55.3 Å². The van der Waals surface area contributed by atoms with Crippen molar-refractivity contribution in [1.82, 2.24) is 10.6 Å². The minimum atomic E-state index is -2.17. The van der Waals surface area contributed by atoms with Crippen molar-refractivity contribution < 1.29 is 43.5 Å². The molecule has 0 bridgehead atoms. The van der Waals surface area contributed by atoms with Crippen molar-refractivity contribution in [2.45, 2.75) is 89.6 Å². The van der Waals surface area contributed by atoms with E-state index in [2.05, 4.69) is 10.6 Å². The second kappa shape index (κ2) is 12.7. The highest BCUT2D eigenvalue weighted by Gasteiger charge is 2.57. The number of carboxylic acid groups (broad SMARTS) is 2. The monoisotopic (exact) mass is 482 g/mol. The van der Waals surface area contributed by atoms with Gasteiger partial charge in [0.25, 0.3) is 0 Å². The lowest BCUT2D eigenvalue weighted by molar-refractivity contribution is -0.157. The van der Waals surface area contributed by atoms with Crippen molar-refractivity contribution in [3.8, 4) is 0 Å². The van der Waals surface area contributed by atoms with E-state index >= 15 is 0 Å². The Labute approximate surface area is 199 Å². The van der Waals surface area contributed by atoms with Crippen LogP contribution < -0.4 is 10.6 Å². The van der Waals surface area contributed by atoms with Crippen LogP contribution in [0.25, 0.3) is 0 Å². The Bertz CT molecular complexity index is 749. The van der Waals surface area contributed by atoms with E-state index in [1.165, 1.54) is 6.42 Å². The van der Waals surface area contributed by atoms with Crippen LogP contribution >= 0.6 is 0 Å². The number of rotatable bonds is 11. The standard InChI is InChI=1S/C22H35BN2O9/c1-14(2)10-16(23-33-21(32)22(34-23,11-18(27)28)12-19(29)30)25-17(26)13-24-20(31)15-8-6-4-3-5-7-9-15/h14-16H,3-13H2,1-2H3,(H,24,31)(H,25,26)(H,27,28)(H,29,30)/t16-/m0/s1. The van der Waals surface area contributed by atoms with Gasteiger partial charge in [-0.05, 0) is 25.2 Å². The molecule has 2 fully saturated rings. The summed E-state index contributed by atoms with van der Waals surface area (Å²) < 4.78 is 10.8. The van der Waals surface area contributed by atoms with Crippen molar-refractivity contribution in [3.05, 3.63) is 0 Å². The zero-order valence-corrected chi connectivity index (χ0v) is 19.8. The summed E-state index contributed by atoms with van der Waals surface area (Å²) in [5.74, 6) is -5.54. The molecule has 1 aliphatic heterocycles. The van der Waals surface area contributed by atoms with Gasteiger partial charge in [-0.15, -0.1) is 0 Å². The van der Waals surface area contributed by atoms with Crippen LogP contribution in [0.5, 0.6) is 0 Å². The van der Waals surface area contributed by atoms with E-state index in [1.54, 1.807) is 0 Å². The molecule has 190 valence electrons. The number of nitrogens with one attached hydrogen (secondary N) is 2. The van der Waals surface area contributed by atoms with Gasteiger partial charge < -0.3 is 30.2 Å². The fraction of sp³-hybridized carbons (Fsp3) is 0.773. The van der Waals surface area contributed by atoms with Crippen LogP contribution in [0, 0.1) is 11.8 Å². The molecule has 4 N–H and O–H groups in total. The third-order valence-electron chi connectivity index (χ3n) is 6.11. The van der Waals surface area contributed by atoms with Crippen LogP contribution in [-0.4, -0.2) is 65.1 Å². The summed E-state index contributed by atoms with van der Waals surface area (Å²) in [5, 5.41) is 23.7. The molecule has 34 heavy (non-hydrogen) atoms. The third-order valence-corrected chi connectivity index (χ3v) is 6.11. The molecule has 0 radical (unpaired) electrons. The molecule has 1 atom stereocenters. The van der Waals surface area contributed by atoms with Crippen molar-refractivity contribution in [1.29, 1.82) is 0 Å². The lowest BCUT2D eigenvalue weighted by Crippen LogP contribution is -2.52. The zero-order valence-electron chi connectivity index (χ0n) is 19.8. The number of aliphatic carboxylic acids is 2. The van der Waals surface area contributed by atoms with Gasteiger partial charge >= 0.3 is 25.0 Å². The van der Waals surface area contributed by atoms with Gasteiger partial charge in [-0.1, -0.05) is 46.0 Å². The molecule has 2 rings (SSSR count). The Hall–Kier alpha value is -2.63. The zero-order chi connectivity index (χ0) is 25.3. The Morgan fingerprint density at radius 3 is 2.12 bits per heavy atom. The van der Waals surface area contributed by atoms with Crippen LogP contribution in [-0.2, 0) is 33.3 Å². The quantitative estimate of drug-likeness (QED) is 0.317. The molecule has 0 aromatic rings. The smallest absolute Gasteiger partial charge is 0.506 e. The first kappa shape index (κ1) is 27.6. The number of carboxylic acids is 2. The van der Waals surface area contributed by atoms with Crippen LogP contribution in [0.15, 0.2) is 0 Å². The highest BCUT2D eigenvalue weighted by molar-refractivity contribution is 6.51. The molecule has 0 unspecified atom stereocenters. The first-order chi connectivity index (χ1) is 16.0. The molecule has 0 spiro atoms. The Morgan fingerprint density at radius 2 is 1.59 bits per heavy atom. The predicted molar refractivity (Wildman–Crippen MR) is 120 cm³/mol. The minimum Gasteiger partial charge on any atom is -0.506 e. The molecule has 12 heteroatoms. The van der Waals surface area contributed by atoms with Gasteiger partial charge in [0.2, 0.25) is 11.8 Å². The predicted octanol–water partition coefficient (Wildman–Crippen LogP) is 1.28. The topological polar surface area (TPSA) is 168 Å². The van der Waals surface area contributed by atoms with Crippen molar-refractivity contribution in [3.63, 3.8) is 0 Å². The maximum Gasteiger partial charge on any atom is 0.552 e. The van der Waals surface area contributed by atoms with Gasteiger partial charge in [0.1, 0.15) is 0 Å². The molecule has 1 aliphatic carbocycles. The molecule has 0 aromatic heterocycles. The van der Waals surface area contributed by atoms with E-state index in [1.807, 2.05) is 13.8 Å². The Balaban J connectivity index is 2.01. The molecular formula is C22H35BN2O9. The molecule has 0 aromatic carbocycles. The Kier molecular flexibility index (Phi) is 10.3. The number of hydrogen-bond acceptors (Lipinski definition) is 7. The van der Waals surface area contributed by atoms with E-state index in [4.69, 9.17) is 19.5 Å². The first-order valence-corrected chi connectivity index (χ1v) is 11.9. The highest BCUT2D eigenvalue weighted by atomic mass is 16.7. The van der Waals surface area contributed by atoms with E-state index in [0.29, 0.717) is 6.42 Å². The van der Waals surface area contributed by atoms with Gasteiger partial charge in [-0.2, -0.15) is 0 Å². The summed E-state index contributed by atoms with van der Waals surface area (Å²) in [6, 6.07) is 0. The van der Waals surface area contributed by atoms with Crippen molar-refractivity contribution in [2.75, 3.05) is 6.54 Å². The number of carbonyl (C=O) groups excluding carboxylic acids is 3. The second-order valence-corrected chi connectivity index (χ2v) is 9.59. The van der Waals surface area contributed by atoms with Gasteiger partial charge in [0.15, 0.2) is 5.60 Å². The molecule has 2 amide bonds. The second-order valence-electron chi connectivity index (χ2n) is 9.59. The summed E-state index contributed by atoms with van der Waals surface area (Å²) in [6.45, 7) is 3.47. The average molecular weight is 482 g/mol. The van der Waals surface area contributed by atoms with Crippen molar-refractivity contribution in [2.24, 2.45) is 11.8 Å². The SMILES string of the molecule is CC(C)C[C@H](NC(=O)CNC(=O)C1CCCCCCC1)B1OC(=O)C(CC(=O)O)(CC(=O)O)O1. The molecule has 1 saturated heterocycles. The normalized spacial score (nSPS) is 19.6. The van der Waals surface area contributed by atoms with Gasteiger partial charge in [0.05, 0.1) is 25.3 Å². The van der Waals surface area contributed by atoms with Gasteiger partial charge in [0, 0.05) is 5.92 Å². The Morgan fingerprint density at radius 1 is 1.03 bits per heavy atom. The lowest BCUT2D eigenvalue weighted by atomic mass is 9.74. The molecule has 11 nitrogen and oxygen atoms in total. The van der Waals surface area contributed by atoms with E-state index in [-0.39, 0.29) is 24.3 Å². The van der Waals surface area contributed by atoms with Crippen LogP contribution in [0.3, 0.4) is 0 Å². The van der Waals surface area contributed by atoms with Gasteiger partial charge in [-0.3, -0.25) is 24.0 Å². The van der Waals surface area contributed by atoms with Crippen molar-refractivity contribution >= 4 is 36.8 Å². The number of amides is 2. The summed E-state index contributed by atoms with van der Waals surface area (Å²) in [5.41, 5.74) is -2.17. The third kappa shape index (κ3) is 8.30. The molecule has 1 saturated carbocycles. The van der Waals surface area contributed by atoms with Crippen LogP contribution in [0.4, 0.5) is 0 Å². The molecule has 1 heterocycles. The van der Waals surface area contributed by atoms with E-state index in [0.717, 1.165) is 38.5 Å². The number of carbonyl (C=O) groups is 5. The highest BCUT2D eigenvalue weighted by Crippen LogP contribution is 2.32. The summed E-state index contributed by atoms with van der Waals surface area (Å²) in [7, 11) is -1.35.